The van der Waals surface area contributed by atoms with Gasteiger partial charge in [0.2, 0.25) is 0 Å². The second-order valence-corrected chi connectivity index (χ2v) is 4.57. The molecule has 0 aliphatic rings. The molecule has 108 valence electrons. The molecular formula is C14H17FN2O3. The molecule has 2 aromatic rings. The second-order valence-electron chi connectivity index (χ2n) is 4.57. The topological polar surface area (TPSA) is 74.3 Å². The van der Waals surface area contributed by atoms with E-state index in [0.717, 1.165) is 0 Å². The Morgan fingerprint density at radius 1 is 1.50 bits per heavy atom. The minimum absolute atomic E-state index is 0.238. The highest BCUT2D eigenvalue weighted by molar-refractivity contribution is 5.97. The molecule has 0 spiro atoms. The molecule has 1 aromatic carbocycles. The van der Waals surface area contributed by atoms with Gasteiger partial charge in [0.05, 0.1) is 12.7 Å². The van der Waals surface area contributed by atoms with Gasteiger partial charge in [0, 0.05) is 24.6 Å². The number of carbonyl (C=O) groups is 1. The Labute approximate surface area is 115 Å². The molecule has 0 fully saturated rings. The summed E-state index contributed by atoms with van der Waals surface area (Å²) in [6.45, 7) is 0.578. The van der Waals surface area contributed by atoms with E-state index in [4.69, 9.17) is 4.74 Å². The third kappa shape index (κ3) is 3.55. The zero-order valence-corrected chi connectivity index (χ0v) is 11.1. The molecule has 0 bridgehead atoms. The van der Waals surface area contributed by atoms with Gasteiger partial charge in [-0.05, 0) is 30.7 Å². The lowest BCUT2D eigenvalue weighted by atomic mass is 10.2. The first-order chi connectivity index (χ1) is 9.60. The van der Waals surface area contributed by atoms with E-state index in [2.05, 4.69) is 10.3 Å². The van der Waals surface area contributed by atoms with Crippen molar-refractivity contribution in [3.05, 3.63) is 35.8 Å². The van der Waals surface area contributed by atoms with Gasteiger partial charge in [-0.1, -0.05) is 0 Å². The van der Waals surface area contributed by atoms with Gasteiger partial charge in [0.15, 0.2) is 0 Å². The Balaban J connectivity index is 1.94. The second kappa shape index (κ2) is 6.49. The highest BCUT2D eigenvalue weighted by atomic mass is 19.1. The van der Waals surface area contributed by atoms with Crippen LogP contribution in [0.4, 0.5) is 4.39 Å². The van der Waals surface area contributed by atoms with Gasteiger partial charge in [-0.25, -0.2) is 4.39 Å². The Hall–Kier alpha value is -1.92. The smallest absolute Gasteiger partial charge is 0.267 e. The summed E-state index contributed by atoms with van der Waals surface area (Å²) in [4.78, 5) is 14.8. The normalized spacial score (nSPS) is 12.6. The van der Waals surface area contributed by atoms with Crippen molar-refractivity contribution in [2.75, 3.05) is 20.3 Å². The van der Waals surface area contributed by atoms with Crippen LogP contribution in [0.3, 0.4) is 0 Å². The average Bonchev–Trinajstić information content (AvgIpc) is 2.82. The zero-order valence-electron chi connectivity index (χ0n) is 11.1. The number of H-pyrrole nitrogens is 1. The zero-order chi connectivity index (χ0) is 14.5. The molecule has 1 heterocycles. The molecule has 1 unspecified atom stereocenters. The standard InChI is InChI=1S/C14H17FN2O3/c1-20-8-11(18)4-5-16-14(19)13-7-9-6-10(15)2-3-12(9)17-13/h2-3,6-7,11,17-18H,4-5,8H2,1H3,(H,16,19). The number of rotatable bonds is 6. The number of aromatic amines is 1. The molecule has 0 aliphatic carbocycles. The van der Waals surface area contributed by atoms with Crippen molar-refractivity contribution in [2.24, 2.45) is 0 Å². The van der Waals surface area contributed by atoms with E-state index in [1.165, 1.54) is 19.2 Å². The number of ether oxygens (including phenoxy) is 1. The van der Waals surface area contributed by atoms with Crippen LogP contribution >= 0.6 is 0 Å². The fourth-order valence-corrected chi connectivity index (χ4v) is 1.95. The van der Waals surface area contributed by atoms with Gasteiger partial charge in [0.25, 0.3) is 5.91 Å². The van der Waals surface area contributed by atoms with Crippen molar-refractivity contribution in [3.8, 4) is 0 Å². The van der Waals surface area contributed by atoms with Crippen LogP contribution in [0.5, 0.6) is 0 Å². The van der Waals surface area contributed by atoms with Gasteiger partial charge in [-0.2, -0.15) is 0 Å². The van der Waals surface area contributed by atoms with Crippen molar-refractivity contribution in [3.63, 3.8) is 0 Å². The highest BCUT2D eigenvalue weighted by Gasteiger charge is 2.10. The first-order valence-electron chi connectivity index (χ1n) is 6.33. The molecule has 1 atom stereocenters. The maximum atomic E-state index is 13.1. The van der Waals surface area contributed by atoms with E-state index in [-0.39, 0.29) is 18.3 Å². The molecule has 0 radical (unpaired) electrons. The number of halogens is 1. The van der Waals surface area contributed by atoms with E-state index in [1.54, 1.807) is 12.1 Å². The Morgan fingerprint density at radius 2 is 2.30 bits per heavy atom. The Kier molecular flexibility index (Phi) is 4.70. The van der Waals surface area contributed by atoms with E-state index in [0.29, 0.717) is 29.6 Å². The van der Waals surface area contributed by atoms with Gasteiger partial charge in [-0.3, -0.25) is 4.79 Å². The van der Waals surface area contributed by atoms with Crippen LogP contribution in [0.25, 0.3) is 10.9 Å². The minimum atomic E-state index is -0.600. The SMILES string of the molecule is COCC(O)CCNC(=O)c1cc2cc(F)ccc2[nH]1. The van der Waals surface area contributed by atoms with Crippen molar-refractivity contribution < 1.29 is 19.0 Å². The molecular weight excluding hydrogens is 263 g/mol. The monoisotopic (exact) mass is 280 g/mol. The fourth-order valence-electron chi connectivity index (χ4n) is 1.95. The van der Waals surface area contributed by atoms with Crippen molar-refractivity contribution >= 4 is 16.8 Å². The molecule has 0 saturated carbocycles. The first-order valence-corrected chi connectivity index (χ1v) is 6.33. The number of benzene rings is 1. The number of carbonyl (C=O) groups excluding carboxylic acids is 1. The van der Waals surface area contributed by atoms with Crippen LogP contribution in [0.1, 0.15) is 16.9 Å². The van der Waals surface area contributed by atoms with Crippen molar-refractivity contribution in [1.82, 2.24) is 10.3 Å². The number of aromatic nitrogens is 1. The van der Waals surface area contributed by atoms with Gasteiger partial charge in [-0.15, -0.1) is 0 Å². The maximum absolute atomic E-state index is 13.1. The number of fused-ring (bicyclic) bond motifs is 1. The predicted molar refractivity (Wildman–Crippen MR) is 73.1 cm³/mol. The summed E-state index contributed by atoms with van der Waals surface area (Å²) >= 11 is 0. The molecule has 0 aliphatic heterocycles. The van der Waals surface area contributed by atoms with Crippen LogP contribution < -0.4 is 5.32 Å². The quantitative estimate of drug-likeness (QED) is 0.749. The third-order valence-electron chi connectivity index (χ3n) is 2.95. The maximum Gasteiger partial charge on any atom is 0.267 e. The summed E-state index contributed by atoms with van der Waals surface area (Å²) in [6.07, 6.45) is -0.189. The molecule has 20 heavy (non-hydrogen) atoms. The van der Waals surface area contributed by atoms with Gasteiger partial charge in [0.1, 0.15) is 11.5 Å². The van der Waals surface area contributed by atoms with E-state index in [1.807, 2.05) is 0 Å². The van der Waals surface area contributed by atoms with Crippen LogP contribution in [0.15, 0.2) is 24.3 Å². The number of hydrogen-bond acceptors (Lipinski definition) is 3. The van der Waals surface area contributed by atoms with Crippen LogP contribution in [-0.4, -0.2) is 42.4 Å². The number of aliphatic hydroxyl groups is 1. The molecule has 1 amide bonds. The summed E-state index contributed by atoms with van der Waals surface area (Å²) in [7, 11) is 1.51. The lowest BCUT2D eigenvalue weighted by Crippen LogP contribution is -2.28. The third-order valence-corrected chi connectivity index (χ3v) is 2.95. The molecule has 5 nitrogen and oxygen atoms in total. The molecule has 3 N–H and O–H groups in total. The van der Waals surface area contributed by atoms with Crippen LogP contribution in [0, 0.1) is 5.82 Å². The number of amides is 1. The lowest BCUT2D eigenvalue weighted by Gasteiger charge is -2.09. The molecule has 1 aromatic heterocycles. The van der Waals surface area contributed by atoms with Gasteiger partial charge < -0.3 is 20.1 Å². The number of methoxy groups -OCH3 is 1. The van der Waals surface area contributed by atoms with Crippen molar-refractivity contribution in [2.45, 2.75) is 12.5 Å². The average molecular weight is 280 g/mol. The van der Waals surface area contributed by atoms with E-state index >= 15 is 0 Å². The van der Waals surface area contributed by atoms with Gasteiger partial charge >= 0.3 is 0 Å². The fraction of sp³-hybridized carbons (Fsp3) is 0.357. The number of nitrogens with one attached hydrogen (secondary N) is 2. The Bertz CT molecular complexity index is 597. The summed E-state index contributed by atoms with van der Waals surface area (Å²) in [5.74, 6) is -0.627. The minimum Gasteiger partial charge on any atom is -0.391 e. The summed E-state index contributed by atoms with van der Waals surface area (Å²) in [5.41, 5.74) is 1.07. The van der Waals surface area contributed by atoms with E-state index in [9.17, 15) is 14.3 Å². The summed E-state index contributed by atoms with van der Waals surface area (Å²) in [6, 6.07) is 5.88. The van der Waals surface area contributed by atoms with Crippen molar-refractivity contribution in [1.29, 1.82) is 0 Å². The van der Waals surface area contributed by atoms with E-state index < -0.39 is 6.10 Å². The predicted octanol–water partition coefficient (Wildman–Crippen LogP) is 1.43. The lowest BCUT2D eigenvalue weighted by molar-refractivity contribution is 0.0587. The molecule has 2 rings (SSSR count). The van der Waals surface area contributed by atoms with Crippen LogP contribution in [-0.2, 0) is 4.74 Å². The highest BCUT2D eigenvalue weighted by Crippen LogP contribution is 2.16. The molecule has 6 heteroatoms. The summed E-state index contributed by atoms with van der Waals surface area (Å²) < 4.78 is 17.8. The number of hydrogen-bond donors (Lipinski definition) is 3. The number of aliphatic hydroxyl groups excluding tert-OH is 1. The largest absolute Gasteiger partial charge is 0.391 e. The molecule has 0 saturated heterocycles. The first kappa shape index (κ1) is 14.5. The Morgan fingerprint density at radius 3 is 3.05 bits per heavy atom. The van der Waals surface area contributed by atoms with Crippen LogP contribution in [0.2, 0.25) is 0 Å². The summed E-state index contributed by atoms with van der Waals surface area (Å²) in [5, 5.41) is 12.8.